The van der Waals surface area contributed by atoms with Gasteiger partial charge in [-0.05, 0) is 48.4 Å². The molecule has 196 valence electrons. The molecule has 0 saturated carbocycles. The zero-order valence-electron chi connectivity index (χ0n) is 22.0. The number of benzene rings is 2. The molecule has 1 aliphatic heterocycles. The molecule has 2 amide bonds. The van der Waals surface area contributed by atoms with Gasteiger partial charge in [0.15, 0.2) is 0 Å². The Kier molecular flexibility index (Phi) is 8.52. The summed E-state index contributed by atoms with van der Waals surface area (Å²) in [6.07, 6.45) is 0. The predicted octanol–water partition coefficient (Wildman–Crippen LogP) is 2.59. The summed E-state index contributed by atoms with van der Waals surface area (Å²) in [6.45, 7) is 9.05. The van der Waals surface area contributed by atoms with Gasteiger partial charge in [-0.1, -0.05) is 36.3 Å². The standard InChI is InChI=1S/C27H35N7O3/c1-5-28-12-13-33(18-26(36)32(4)34-16-22-8-6-7-9-23(22)17-34)25(35)15-29-24-11-10-21(14-19(24)2)27-30-20(3)37-31-27/h6-11,14,28-29H,5,12-13,15-18H2,1-4H3. The van der Waals surface area contributed by atoms with Crippen LogP contribution in [-0.2, 0) is 22.7 Å². The Hall–Kier alpha value is -3.76. The number of hydrogen-bond donors (Lipinski definition) is 2. The van der Waals surface area contributed by atoms with Crippen LogP contribution in [0.25, 0.3) is 11.4 Å². The lowest BCUT2D eigenvalue weighted by atomic mass is 10.1. The number of aryl methyl sites for hydroxylation is 2. The van der Waals surface area contributed by atoms with Crippen LogP contribution in [0, 0.1) is 13.8 Å². The van der Waals surface area contributed by atoms with Crippen molar-refractivity contribution in [3.05, 3.63) is 65.0 Å². The van der Waals surface area contributed by atoms with Crippen molar-refractivity contribution in [2.24, 2.45) is 0 Å². The lowest BCUT2D eigenvalue weighted by Crippen LogP contribution is -2.49. The number of aromatic nitrogens is 2. The fourth-order valence-electron chi connectivity index (χ4n) is 4.33. The molecule has 0 aliphatic carbocycles. The molecular weight excluding hydrogens is 470 g/mol. The molecule has 0 radical (unpaired) electrons. The minimum atomic E-state index is -0.137. The second-order valence-electron chi connectivity index (χ2n) is 9.20. The molecule has 2 heterocycles. The van der Waals surface area contributed by atoms with Crippen LogP contribution in [0.4, 0.5) is 5.69 Å². The summed E-state index contributed by atoms with van der Waals surface area (Å²) in [7, 11) is 1.77. The van der Waals surface area contributed by atoms with Gasteiger partial charge in [0.05, 0.1) is 6.54 Å². The molecule has 10 heteroatoms. The number of carbonyl (C=O) groups excluding carboxylic acids is 2. The van der Waals surface area contributed by atoms with Crippen LogP contribution in [0.1, 0.15) is 29.5 Å². The van der Waals surface area contributed by atoms with E-state index in [0.29, 0.717) is 37.9 Å². The maximum absolute atomic E-state index is 13.2. The van der Waals surface area contributed by atoms with Crippen LogP contribution in [0.3, 0.4) is 0 Å². The van der Waals surface area contributed by atoms with Crippen molar-refractivity contribution in [1.82, 2.24) is 30.4 Å². The van der Waals surface area contributed by atoms with E-state index in [4.69, 9.17) is 4.52 Å². The van der Waals surface area contributed by atoms with E-state index in [9.17, 15) is 9.59 Å². The topological polar surface area (TPSA) is 107 Å². The third kappa shape index (κ3) is 6.52. The molecule has 0 saturated heterocycles. The third-order valence-corrected chi connectivity index (χ3v) is 6.54. The van der Waals surface area contributed by atoms with E-state index in [1.165, 1.54) is 11.1 Å². The highest BCUT2D eigenvalue weighted by Gasteiger charge is 2.27. The number of fused-ring (bicyclic) bond motifs is 1. The van der Waals surface area contributed by atoms with E-state index >= 15 is 0 Å². The van der Waals surface area contributed by atoms with Gasteiger partial charge in [0.25, 0.3) is 5.91 Å². The van der Waals surface area contributed by atoms with Crippen LogP contribution in [0.5, 0.6) is 0 Å². The minimum absolute atomic E-state index is 0.0182. The van der Waals surface area contributed by atoms with E-state index in [-0.39, 0.29) is 24.9 Å². The largest absolute Gasteiger partial charge is 0.376 e. The first-order chi connectivity index (χ1) is 17.9. The number of anilines is 1. The zero-order chi connectivity index (χ0) is 26.4. The number of amides is 2. The Bertz CT molecular complexity index is 1220. The van der Waals surface area contributed by atoms with Crippen LogP contribution in [0.15, 0.2) is 47.0 Å². The fraction of sp³-hybridized carbons (Fsp3) is 0.407. The van der Waals surface area contributed by atoms with E-state index in [0.717, 1.165) is 23.4 Å². The third-order valence-electron chi connectivity index (χ3n) is 6.54. The SMILES string of the molecule is CCNCCN(CC(=O)N(C)N1Cc2ccccc2C1)C(=O)CNc1ccc(-c2noc(C)n2)cc1C. The summed E-state index contributed by atoms with van der Waals surface area (Å²) < 4.78 is 5.07. The fourth-order valence-corrected chi connectivity index (χ4v) is 4.33. The van der Waals surface area contributed by atoms with Gasteiger partial charge in [0, 0.05) is 51.4 Å². The summed E-state index contributed by atoms with van der Waals surface area (Å²) in [5, 5.41) is 14.1. The number of hydrazine groups is 1. The summed E-state index contributed by atoms with van der Waals surface area (Å²) >= 11 is 0. The van der Waals surface area contributed by atoms with E-state index in [2.05, 4.69) is 32.9 Å². The molecule has 0 unspecified atom stereocenters. The molecule has 0 spiro atoms. The van der Waals surface area contributed by atoms with Crippen molar-refractivity contribution in [3.63, 3.8) is 0 Å². The maximum Gasteiger partial charge on any atom is 0.256 e. The van der Waals surface area contributed by atoms with Crippen molar-refractivity contribution < 1.29 is 14.1 Å². The average Bonchev–Trinajstić information content (AvgIpc) is 3.53. The molecule has 1 aliphatic rings. The molecule has 0 fully saturated rings. The van der Waals surface area contributed by atoms with Crippen LogP contribution < -0.4 is 10.6 Å². The van der Waals surface area contributed by atoms with Crippen molar-refractivity contribution in [3.8, 4) is 11.4 Å². The number of likely N-dealkylation sites (N-methyl/N-ethyl adjacent to an activating group) is 2. The lowest BCUT2D eigenvalue weighted by molar-refractivity contribution is -0.151. The van der Waals surface area contributed by atoms with Crippen molar-refractivity contribution in [2.75, 3.05) is 45.1 Å². The van der Waals surface area contributed by atoms with Gasteiger partial charge < -0.3 is 20.1 Å². The molecule has 10 nitrogen and oxygen atoms in total. The second kappa shape index (κ2) is 12.0. The Morgan fingerprint density at radius 2 is 1.81 bits per heavy atom. The summed E-state index contributed by atoms with van der Waals surface area (Å²) in [5.41, 5.74) is 5.08. The lowest BCUT2D eigenvalue weighted by Gasteiger charge is -2.31. The summed E-state index contributed by atoms with van der Waals surface area (Å²) in [6, 6.07) is 13.9. The Morgan fingerprint density at radius 3 is 2.43 bits per heavy atom. The van der Waals surface area contributed by atoms with Gasteiger partial charge in [-0.2, -0.15) is 4.98 Å². The highest BCUT2D eigenvalue weighted by atomic mass is 16.5. The molecule has 2 aromatic carbocycles. The van der Waals surface area contributed by atoms with Gasteiger partial charge in [0.2, 0.25) is 17.6 Å². The second-order valence-corrected chi connectivity index (χ2v) is 9.20. The van der Waals surface area contributed by atoms with E-state index < -0.39 is 0 Å². The number of nitrogens with zero attached hydrogens (tertiary/aromatic N) is 5. The maximum atomic E-state index is 13.2. The van der Waals surface area contributed by atoms with Crippen molar-refractivity contribution in [2.45, 2.75) is 33.9 Å². The van der Waals surface area contributed by atoms with Gasteiger partial charge >= 0.3 is 0 Å². The van der Waals surface area contributed by atoms with Gasteiger partial charge in [-0.3, -0.25) is 14.6 Å². The van der Waals surface area contributed by atoms with E-state index in [1.807, 2.05) is 49.2 Å². The summed E-state index contributed by atoms with van der Waals surface area (Å²) in [5.74, 6) is 0.782. The monoisotopic (exact) mass is 505 g/mol. The first kappa shape index (κ1) is 26.3. The normalized spacial score (nSPS) is 12.9. The molecule has 0 bridgehead atoms. The van der Waals surface area contributed by atoms with Crippen molar-refractivity contribution in [1.29, 1.82) is 0 Å². The highest BCUT2D eigenvalue weighted by molar-refractivity contribution is 5.87. The van der Waals surface area contributed by atoms with Crippen molar-refractivity contribution >= 4 is 17.5 Å². The number of rotatable bonds is 11. The van der Waals surface area contributed by atoms with E-state index in [1.54, 1.807) is 23.9 Å². The quantitative estimate of drug-likeness (QED) is 0.383. The average molecular weight is 506 g/mol. The van der Waals surface area contributed by atoms with Gasteiger partial charge in [-0.15, -0.1) is 0 Å². The molecule has 37 heavy (non-hydrogen) atoms. The van der Waals surface area contributed by atoms with Crippen LogP contribution in [-0.4, -0.2) is 76.6 Å². The zero-order valence-corrected chi connectivity index (χ0v) is 22.0. The first-order valence-electron chi connectivity index (χ1n) is 12.6. The molecule has 1 aromatic heterocycles. The summed E-state index contributed by atoms with van der Waals surface area (Å²) in [4.78, 5) is 32.2. The Labute approximate surface area is 217 Å². The first-order valence-corrected chi connectivity index (χ1v) is 12.6. The smallest absolute Gasteiger partial charge is 0.256 e. The molecular formula is C27H35N7O3. The minimum Gasteiger partial charge on any atom is -0.376 e. The van der Waals surface area contributed by atoms with Crippen LogP contribution in [0.2, 0.25) is 0 Å². The van der Waals surface area contributed by atoms with Gasteiger partial charge in [0.1, 0.15) is 6.54 Å². The highest BCUT2D eigenvalue weighted by Crippen LogP contribution is 2.24. The number of hydrogen-bond acceptors (Lipinski definition) is 8. The molecule has 3 aromatic rings. The molecule has 4 rings (SSSR count). The Morgan fingerprint density at radius 1 is 1.08 bits per heavy atom. The van der Waals surface area contributed by atoms with Crippen LogP contribution >= 0.6 is 0 Å². The Balaban J connectivity index is 1.36. The number of nitrogens with one attached hydrogen (secondary N) is 2. The van der Waals surface area contributed by atoms with Gasteiger partial charge in [-0.25, -0.2) is 5.01 Å². The number of carbonyl (C=O) groups is 2. The molecule has 2 N–H and O–H groups in total. The predicted molar refractivity (Wildman–Crippen MR) is 141 cm³/mol. The molecule has 0 atom stereocenters.